The fourth-order valence-electron chi connectivity index (χ4n) is 3.38. The largest absolute Gasteiger partial charge is 0.330 e. The predicted octanol–water partition coefficient (Wildman–Crippen LogP) is 3.29. The summed E-state index contributed by atoms with van der Waals surface area (Å²) in [5, 5.41) is 7.36. The molecule has 5 aromatic rings. The topological polar surface area (TPSA) is 103 Å². The number of hydrogen-bond donors (Lipinski definition) is 1. The fraction of sp³-hybridized carbons (Fsp3) is 0.0909. The summed E-state index contributed by atoms with van der Waals surface area (Å²) in [7, 11) is 1.90. The molecule has 1 aromatic carbocycles. The van der Waals surface area contributed by atoms with E-state index in [0.29, 0.717) is 22.9 Å². The van der Waals surface area contributed by atoms with Crippen molar-refractivity contribution < 1.29 is 9.18 Å². The quantitative estimate of drug-likeness (QED) is 0.471. The molecule has 10 heteroatoms. The van der Waals surface area contributed by atoms with Gasteiger partial charge in [0, 0.05) is 25.0 Å². The van der Waals surface area contributed by atoms with Gasteiger partial charge in [0.15, 0.2) is 11.5 Å². The molecule has 5 rings (SSSR count). The molecule has 1 amide bonds. The number of carbonyl (C=O) groups is 1. The lowest BCUT2D eigenvalue weighted by Gasteiger charge is -2.07. The minimum atomic E-state index is -0.414. The van der Waals surface area contributed by atoms with Gasteiger partial charge in [-0.25, -0.2) is 23.9 Å². The number of amides is 1. The number of anilines is 1. The van der Waals surface area contributed by atoms with Crippen molar-refractivity contribution in [3.05, 3.63) is 78.5 Å². The Labute approximate surface area is 181 Å². The van der Waals surface area contributed by atoms with Crippen LogP contribution in [0, 0.1) is 12.7 Å². The SMILES string of the molecule is Cc1nc(-c2ccc(F)cc2)c(-c2ccc3nc(NC(=O)c4cnccn4)cn3n2)n1C. The third-order valence-corrected chi connectivity index (χ3v) is 5.04. The number of imidazole rings is 2. The van der Waals surface area contributed by atoms with Crippen LogP contribution in [0.4, 0.5) is 10.2 Å². The lowest BCUT2D eigenvalue weighted by Crippen LogP contribution is -2.13. The molecule has 0 aliphatic rings. The van der Waals surface area contributed by atoms with Crippen LogP contribution in [-0.2, 0) is 7.05 Å². The molecule has 0 atom stereocenters. The van der Waals surface area contributed by atoms with Gasteiger partial charge in [-0.2, -0.15) is 5.10 Å². The number of aryl methyl sites for hydroxylation is 1. The number of fused-ring (bicyclic) bond motifs is 1. The Morgan fingerprint density at radius 3 is 2.62 bits per heavy atom. The summed E-state index contributed by atoms with van der Waals surface area (Å²) in [6.07, 6.45) is 5.94. The third-order valence-electron chi connectivity index (χ3n) is 5.04. The zero-order valence-corrected chi connectivity index (χ0v) is 17.2. The second-order valence-electron chi connectivity index (χ2n) is 7.11. The first-order valence-electron chi connectivity index (χ1n) is 9.73. The molecule has 158 valence electrons. The molecule has 0 aliphatic heterocycles. The molecule has 1 N–H and O–H groups in total. The highest BCUT2D eigenvalue weighted by molar-refractivity contribution is 6.02. The number of benzene rings is 1. The molecule has 0 fully saturated rings. The second-order valence-corrected chi connectivity index (χ2v) is 7.11. The van der Waals surface area contributed by atoms with Crippen molar-refractivity contribution >= 4 is 17.4 Å². The van der Waals surface area contributed by atoms with Crippen molar-refractivity contribution in [3.63, 3.8) is 0 Å². The van der Waals surface area contributed by atoms with E-state index < -0.39 is 5.91 Å². The maximum Gasteiger partial charge on any atom is 0.277 e. The summed E-state index contributed by atoms with van der Waals surface area (Å²) < 4.78 is 16.9. The summed E-state index contributed by atoms with van der Waals surface area (Å²) in [5.74, 6) is 0.411. The predicted molar refractivity (Wildman–Crippen MR) is 115 cm³/mol. The molecule has 4 aromatic heterocycles. The number of carbonyl (C=O) groups excluding carboxylic acids is 1. The van der Waals surface area contributed by atoms with Crippen LogP contribution in [0.2, 0.25) is 0 Å². The summed E-state index contributed by atoms with van der Waals surface area (Å²) >= 11 is 0. The van der Waals surface area contributed by atoms with E-state index >= 15 is 0 Å². The van der Waals surface area contributed by atoms with Crippen LogP contribution in [0.1, 0.15) is 16.3 Å². The van der Waals surface area contributed by atoms with E-state index in [2.05, 4.69) is 30.4 Å². The van der Waals surface area contributed by atoms with Crippen molar-refractivity contribution in [2.24, 2.45) is 7.05 Å². The van der Waals surface area contributed by atoms with Crippen molar-refractivity contribution in [1.29, 1.82) is 0 Å². The van der Waals surface area contributed by atoms with Crippen LogP contribution in [0.3, 0.4) is 0 Å². The van der Waals surface area contributed by atoms with Crippen molar-refractivity contribution in [1.82, 2.24) is 34.1 Å². The zero-order valence-electron chi connectivity index (χ0n) is 17.2. The van der Waals surface area contributed by atoms with Crippen LogP contribution in [0.15, 0.2) is 61.2 Å². The number of halogens is 1. The molecular weight excluding hydrogens is 411 g/mol. The van der Waals surface area contributed by atoms with Gasteiger partial charge in [-0.1, -0.05) is 0 Å². The van der Waals surface area contributed by atoms with Gasteiger partial charge >= 0.3 is 0 Å². The summed E-state index contributed by atoms with van der Waals surface area (Å²) in [5.41, 5.74) is 3.68. The number of rotatable bonds is 4. The monoisotopic (exact) mass is 428 g/mol. The minimum absolute atomic E-state index is 0.188. The molecule has 9 nitrogen and oxygen atoms in total. The first-order valence-corrected chi connectivity index (χ1v) is 9.73. The Morgan fingerprint density at radius 1 is 1.06 bits per heavy atom. The maximum absolute atomic E-state index is 13.4. The van der Waals surface area contributed by atoms with Crippen molar-refractivity contribution in [2.75, 3.05) is 5.32 Å². The summed E-state index contributed by atoms with van der Waals surface area (Å²) in [4.78, 5) is 29.2. The number of nitrogens with one attached hydrogen (secondary N) is 1. The molecule has 0 saturated carbocycles. The Morgan fingerprint density at radius 2 is 1.88 bits per heavy atom. The Hall–Kier alpha value is -4.47. The molecule has 4 heterocycles. The molecular formula is C22H17FN8O. The van der Waals surface area contributed by atoms with Gasteiger partial charge in [0.05, 0.1) is 23.8 Å². The number of aromatic nitrogens is 7. The number of nitrogens with zero attached hydrogens (tertiary/aromatic N) is 7. The maximum atomic E-state index is 13.4. The highest BCUT2D eigenvalue weighted by atomic mass is 19.1. The Bertz CT molecular complexity index is 1440. The fourth-order valence-corrected chi connectivity index (χ4v) is 3.38. The van der Waals surface area contributed by atoms with Crippen LogP contribution in [0.25, 0.3) is 28.3 Å². The molecule has 0 unspecified atom stereocenters. The first-order chi connectivity index (χ1) is 15.5. The van der Waals surface area contributed by atoms with Crippen LogP contribution < -0.4 is 5.32 Å². The van der Waals surface area contributed by atoms with Gasteiger partial charge in [0.2, 0.25) is 0 Å². The van der Waals surface area contributed by atoms with E-state index in [4.69, 9.17) is 0 Å². The summed E-state index contributed by atoms with van der Waals surface area (Å²) in [6, 6.07) is 9.83. The van der Waals surface area contributed by atoms with Crippen molar-refractivity contribution in [3.8, 4) is 22.6 Å². The van der Waals surface area contributed by atoms with E-state index in [0.717, 1.165) is 17.1 Å². The minimum Gasteiger partial charge on any atom is -0.330 e. The lowest BCUT2D eigenvalue weighted by molar-refractivity contribution is 0.102. The average molecular weight is 428 g/mol. The zero-order chi connectivity index (χ0) is 22.2. The van der Waals surface area contributed by atoms with Gasteiger partial charge < -0.3 is 9.88 Å². The van der Waals surface area contributed by atoms with Gasteiger partial charge in [0.1, 0.15) is 23.0 Å². The van der Waals surface area contributed by atoms with Gasteiger partial charge in [-0.05, 0) is 43.3 Å². The molecule has 0 bridgehead atoms. The van der Waals surface area contributed by atoms with E-state index in [1.165, 1.54) is 30.7 Å². The average Bonchev–Trinajstić information content (AvgIpc) is 3.34. The molecule has 0 radical (unpaired) electrons. The van der Waals surface area contributed by atoms with E-state index in [-0.39, 0.29) is 11.5 Å². The van der Waals surface area contributed by atoms with Crippen LogP contribution >= 0.6 is 0 Å². The highest BCUT2D eigenvalue weighted by Crippen LogP contribution is 2.31. The molecule has 32 heavy (non-hydrogen) atoms. The highest BCUT2D eigenvalue weighted by Gasteiger charge is 2.18. The number of hydrogen-bond acceptors (Lipinski definition) is 6. The normalized spacial score (nSPS) is 11.1. The second kappa shape index (κ2) is 7.65. The molecule has 0 saturated heterocycles. The standard InChI is InChI=1S/C22H17FN8O/c1-13-26-20(14-3-5-15(23)6-4-14)21(30(13)2)16-7-8-19-27-18(12-31(19)29-16)28-22(32)17-11-24-9-10-25-17/h3-12H,1-2H3,(H,28,32). The van der Waals surface area contributed by atoms with Gasteiger partial charge in [-0.3, -0.25) is 9.78 Å². The van der Waals surface area contributed by atoms with Gasteiger partial charge in [-0.15, -0.1) is 0 Å². The van der Waals surface area contributed by atoms with Gasteiger partial charge in [0.25, 0.3) is 5.91 Å². The van der Waals surface area contributed by atoms with Crippen molar-refractivity contribution in [2.45, 2.75) is 6.92 Å². The van der Waals surface area contributed by atoms with E-state index in [1.54, 1.807) is 28.9 Å². The van der Waals surface area contributed by atoms with E-state index in [9.17, 15) is 9.18 Å². The van der Waals surface area contributed by atoms with Crippen LogP contribution in [0.5, 0.6) is 0 Å². The lowest BCUT2D eigenvalue weighted by atomic mass is 10.1. The van der Waals surface area contributed by atoms with E-state index in [1.807, 2.05) is 24.6 Å². The summed E-state index contributed by atoms with van der Waals surface area (Å²) in [6.45, 7) is 1.90. The molecule has 0 aliphatic carbocycles. The first kappa shape index (κ1) is 19.5. The molecule has 0 spiro atoms. The smallest absolute Gasteiger partial charge is 0.277 e. The Balaban J connectivity index is 1.52. The third kappa shape index (κ3) is 3.47. The van der Waals surface area contributed by atoms with Crippen LogP contribution in [-0.4, -0.2) is 40.0 Å². The Kier molecular flexibility index (Phi) is 4.66.